The van der Waals surface area contributed by atoms with E-state index >= 15 is 0 Å². The third-order valence-corrected chi connectivity index (χ3v) is 3.05. The van der Waals surface area contributed by atoms with Crippen LogP contribution in [0.15, 0.2) is 17.2 Å². The van der Waals surface area contributed by atoms with Gasteiger partial charge in [-0.05, 0) is 11.8 Å². The van der Waals surface area contributed by atoms with Crippen LogP contribution >= 0.6 is 46.2 Å². The van der Waals surface area contributed by atoms with Gasteiger partial charge in [0, 0.05) is 11.1 Å². The number of aromatic nitrogens is 1. The van der Waals surface area contributed by atoms with Crippen molar-refractivity contribution in [2.45, 2.75) is 11.8 Å². The quantitative estimate of drug-likeness (QED) is 0.522. The van der Waals surface area contributed by atoms with Gasteiger partial charge in [-0.25, -0.2) is 4.98 Å². The highest BCUT2D eigenvalue weighted by Crippen LogP contribution is 2.22. The maximum atomic E-state index is 11.2. The number of hydrogen-bond acceptors (Lipinski definition) is 3. The first-order chi connectivity index (χ1) is 6.69. The van der Waals surface area contributed by atoms with Gasteiger partial charge < -0.3 is 0 Å². The normalized spacial score (nSPS) is 9.93. The van der Waals surface area contributed by atoms with Crippen molar-refractivity contribution in [3.8, 4) is 0 Å². The van der Waals surface area contributed by atoms with Crippen LogP contribution in [0.5, 0.6) is 0 Å². The molecule has 1 N–H and O–H groups in total. The highest BCUT2D eigenvalue weighted by atomic mass is 127. The third kappa shape index (κ3) is 2.99. The molecule has 0 aliphatic rings. The molecule has 0 saturated heterocycles. The molecular weight excluding hydrogens is 335 g/mol. The van der Waals surface area contributed by atoms with Gasteiger partial charge in [-0.2, -0.15) is 0 Å². The number of carbonyl (C=O) groups excluding carboxylic acids is 1. The van der Waals surface area contributed by atoms with E-state index in [0.29, 0.717) is 5.02 Å². The highest BCUT2D eigenvalue weighted by Gasteiger charge is 2.11. The smallest absolute Gasteiger partial charge is 0.280 e. The minimum absolute atomic E-state index is 0.265. The fraction of sp³-hybridized carbons (Fsp3) is 0.250. The number of hydrogen-bond donors (Lipinski definition) is 1. The van der Waals surface area contributed by atoms with Crippen molar-refractivity contribution in [2.75, 3.05) is 5.75 Å². The second-order valence-electron chi connectivity index (χ2n) is 2.36. The summed E-state index contributed by atoms with van der Waals surface area (Å²) in [6.07, 6.45) is 1.65. The number of carbonyl (C=O) groups is 1. The molecule has 14 heavy (non-hydrogen) atoms. The zero-order valence-electron chi connectivity index (χ0n) is 7.38. The van der Waals surface area contributed by atoms with Gasteiger partial charge in [0.05, 0.1) is 27.9 Å². The van der Waals surface area contributed by atoms with E-state index in [4.69, 9.17) is 11.6 Å². The van der Waals surface area contributed by atoms with Crippen LogP contribution in [-0.4, -0.2) is 16.6 Å². The largest absolute Gasteiger partial charge is 0.293 e. The molecule has 0 aliphatic carbocycles. The molecule has 1 aromatic heterocycles. The Labute approximate surface area is 106 Å². The summed E-state index contributed by atoms with van der Waals surface area (Å²) in [4.78, 5) is 16.2. The first-order valence-corrected chi connectivity index (χ1v) is 6.32. The standard InChI is InChI=1S/C8H8ClIN2OS/c1-2-14-5-3-6(9)7(11-4-5)8(13)12-10/h3-4H,2H2,1H3,(H,12,13). The summed E-state index contributed by atoms with van der Waals surface area (Å²) < 4.78 is 2.45. The first kappa shape index (κ1) is 12.1. The first-order valence-electron chi connectivity index (χ1n) is 3.88. The molecule has 0 fully saturated rings. The van der Waals surface area contributed by atoms with Gasteiger partial charge in [-0.15, -0.1) is 11.8 Å². The molecule has 0 aliphatic heterocycles. The maximum absolute atomic E-state index is 11.2. The predicted octanol–water partition coefficient (Wildman–Crippen LogP) is 2.93. The number of pyridine rings is 1. The summed E-state index contributed by atoms with van der Waals surface area (Å²) in [5.41, 5.74) is 0.265. The molecular formula is C8H8ClIN2OS. The summed E-state index contributed by atoms with van der Waals surface area (Å²) in [7, 11) is 0. The molecule has 1 rings (SSSR count). The minimum atomic E-state index is -0.274. The summed E-state index contributed by atoms with van der Waals surface area (Å²) in [5, 5.41) is 0.387. The van der Waals surface area contributed by atoms with Crippen molar-refractivity contribution in [1.29, 1.82) is 0 Å². The summed E-state index contributed by atoms with van der Waals surface area (Å²) in [5.74, 6) is 0.680. The van der Waals surface area contributed by atoms with Gasteiger partial charge in [-0.1, -0.05) is 18.5 Å². The molecule has 1 aromatic rings. The average Bonchev–Trinajstić information content (AvgIpc) is 2.17. The molecule has 0 bridgehead atoms. The average molecular weight is 343 g/mol. The van der Waals surface area contributed by atoms with Crippen LogP contribution in [0, 0.1) is 0 Å². The molecule has 3 nitrogen and oxygen atoms in total. The van der Waals surface area contributed by atoms with Crippen LogP contribution in [0.3, 0.4) is 0 Å². The van der Waals surface area contributed by atoms with E-state index in [1.807, 2.05) is 6.92 Å². The lowest BCUT2D eigenvalue weighted by Gasteiger charge is -2.03. The van der Waals surface area contributed by atoms with Crippen molar-refractivity contribution in [1.82, 2.24) is 8.51 Å². The Kier molecular flexibility index (Phi) is 4.97. The molecule has 0 radical (unpaired) electrons. The molecule has 6 heteroatoms. The van der Waals surface area contributed by atoms with Crippen LogP contribution in [0.25, 0.3) is 0 Å². The van der Waals surface area contributed by atoms with Crippen LogP contribution in [0.4, 0.5) is 0 Å². The van der Waals surface area contributed by atoms with Crippen molar-refractivity contribution in [3.05, 3.63) is 23.0 Å². The molecule has 76 valence electrons. The van der Waals surface area contributed by atoms with Crippen LogP contribution in [-0.2, 0) is 0 Å². The van der Waals surface area contributed by atoms with E-state index in [-0.39, 0.29) is 11.6 Å². The zero-order valence-corrected chi connectivity index (χ0v) is 11.1. The fourth-order valence-corrected chi connectivity index (χ4v) is 2.11. The van der Waals surface area contributed by atoms with Crippen molar-refractivity contribution in [2.24, 2.45) is 0 Å². The molecule has 0 aromatic carbocycles. The second kappa shape index (κ2) is 5.77. The predicted molar refractivity (Wildman–Crippen MR) is 67.1 cm³/mol. The highest BCUT2D eigenvalue weighted by molar-refractivity contribution is 14.1. The number of rotatable bonds is 3. The monoisotopic (exact) mass is 342 g/mol. The van der Waals surface area contributed by atoms with E-state index in [1.54, 1.807) is 46.9 Å². The lowest BCUT2D eigenvalue weighted by molar-refractivity contribution is 0.0985. The SMILES string of the molecule is CCSc1cnc(C(=O)NI)c(Cl)c1. The lowest BCUT2D eigenvalue weighted by Crippen LogP contribution is -2.14. The third-order valence-electron chi connectivity index (χ3n) is 1.43. The Balaban J connectivity index is 2.95. The number of nitrogens with one attached hydrogen (secondary N) is 1. The molecule has 0 unspecified atom stereocenters. The Bertz CT molecular complexity index is 348. The molecule has 0 spiro atoms. The van der Waals surface area contributed by atoms with Crippen molar-refractivity contribution >= 4 is 52.1 Å². The van der Waals surface area contributed by atoms with Crippen LogP contribution in [0.2, 0.25) is 5.02 Å². The Morgan fingerprint density at radius 1 is 1.79 bits per heavy atom. The summed E-state index contributed by atoms with van der Waals surface area (Å²) in [6.45, 7) is 2.05. The van der Waals surface area contributed by atoms with Gasteiger partial charge in [-0.3, -0.25) is 8.32 Å². The number of amides is 1. The minimum Gasteiger partial charge on any atom is -0.293 e. The fourth-order valence-electron chi connectivity index (χ4n) is 0.878. The zero-order chi connectivity index (χ0) is 10.6. The van der Waals surface area contributed by atoms with Gasteiger partial charge in [0.15, 0.2) is 0 Å². The van der Waals surface area contributed by atoms with Crippen molar-refractivity contribution in [3.63, 3.8) is 0 Å². The lowest BCUT2D eigenvalue weighted by atomic mass is 10.3. The molecule has 0 atom stereocenters. The van der Waals surface area contributed by atoms with Gasteiger partial charge in [0.1, 0.15) is 5.69 Å². The van der Waals surface area contributed by atoms with Gasteiger partial charge in [0.25, 0.3) is 5.91 Å². The molecule has 0 saturated carbocycles. The van der Waals surface area contributed by atoms with E-state index in [0.717, 1.165) is 10.6 Å². The van der Waals surface area contributed by atoms with Crippen LogP contribution < -0.4 is 3.53 Å². The number of thioether (sulfide) groups is 1. The van der Waals surface area contributed by atoms with E-state index in [9.17, 15) is 4.79 Å². The van der Waals surface area contributed by atoms with E-state index in [1.165, 1.54) is 0 Å². The Morgan fingerprint density at radius 2 is 2.50 bits per heavy atom. The Morgan fingerprint density at radius 3 is 3.00 bits per heavy atom. The van der Waals surface area contributed by atoms with Gasteiger partial charge >= 0.3 is 0 Å². The van der Waals surface area contributed by atoms with Crippen LogP contribution in [0.1, 0.15) is 17.4 Å². The second-order valence-corrected chi connectivity index (χ2v) is 4.64. The van der Waals surface area contributed by atoms with E-state index in [2.05, 4.69) is 8.51 Å². The van der Waals surface area contributed by atoms with Gasteiger partial charge in [0.2, 0.25) is 0 Å². The number of halogens is 2. The van der Waals surface area contributed by atoms with Crippen molar-refractivity contribution < 1.29 is 4.79 Å². The summed E-state index contributed by atoms with van der Waals surface area (Å²) in [6, 6.07) is 1.75. The summed E-state index contributed by atoms with van der Waals surface area (Å²) >= 11 is 9.29. The van der Waals surface area contributed by atoms with E-state index < -0.39 is 0 Å². The number of nitrogens with zero attached hydrogens (tertiary/aromatic N) is 1. The molecule has 1 heterocycles. The topological polar surface area (TPSA) is 42.0 Å². The molecule has 1 amide bonds. The Hall–Kier alpha value is -0.0100. The maximum Gasteiger partial charge on any atom is 0.280 e.